The molecule has 0 saturated heterocycles. The maximum Gasteiger partial charge on any atom is 0.433 e. The zero-order chi connectivity index (χ0) is 18.2. The second-order valence-electron chi connectivity index (χ2n) is 5.64. The summed E-state index contributed by atoms with van der Waals surface area (Å²) in [6, 6.07) is 5.80. The second kappa shape index (κ2) is 6.19. The van der Waals surface area contributed by atoms with Crippen molar-refractivity contribution in [3.63, 3.8) is 0 Å². The highest BCUT2D eigenvalue weighted by Crippen LogP contribution is 2.28. The Hall–Kier alpha value is -2.90. The Bertz CT molecular complexity index is 931. The Kier molecular flexibility index (Phi) is 4.20. The molecule has 3 aromatic heterocycles. The molecule has 8 heteroatoms. The molecule has 0 amide bonds. The van der Waals surface area contributed by atoms with Crippen molar-refractivity contribution in [3.05, 3.63) is 59.2 Å². The van der Waals surface area contributed by atoms with E-state index in [9.17, 15) is 18.0 Å². The maximum atomic E-state index is 12.6. The summed E-state index contributed by atoms with van der Waals surface area (Å²) in [4.78, 5) is 18.9. The van der Waals surface area contributed by atoms with E-state index in [0.29, 0.717) is 16.8 Å². The Morgan fingerprint density at radius 1 is 1.24 bits per heavy atom. The maximum absolute atomic E-state index is 12.6. The Morgan fingerprint density at radius 3 is 2.60 bits per heavy atom. The summed E-state index contributed by atoms with van der Waals surface area (Å²) in [5, 5.41) is 9.83. The van der Waals surface area contributed by atoms with Crippen molar-refractivity contribution in [1.29, 1.82) is 0 Å². The van der Waals surface area contributed by atoms with Crippen molar-refractivity contribution in [2.45, 2.75) is 26.1 Å². The molecule has 25 heavy (non-hydrogen) atoms. The van der Waals surface area contributed by atoms with Crippen molar-refractivity contribution in [2.24, 2.45) is 0 Å². The third-order valence-corrected chi connectivity index (χ3v) is 3.99. The quantitative estimate of drug-likeness (QED) is 0.784. The van der Waals surface area contributed by atoms with Gasteiger partial charge >= 0.3 is 12.1 Å². The number of hydrogen-bond acceptors (Lipinski definition) is 3. The average Bonchev–Trinajstić information content (AvgIpc) is 2.80. The van der Waals surface area contributed by atoms with Gasteiger partial charge in [0, 0.05) is 23.5 Å². The summed E-state index contributed by atoms with van der Waals surface area (Å²) in [6.45, 7) is 2.03. The van der Waals surface area contributed by atoms with Crippen LogP contribution in [0.5, 0.6) is 0 Å². The number of aliphatic carboxylic acids is 1. The van der Waals surface area contributed by atoms with Crippen molar-refractivity contribution in [1.82, 2.24) is 14.5 Å². The van der Waals surface area contributed by atoms with E-state index in [1.807, 2.05) is 0 Å². The van der Waals surface area contributed by atoms with Crippen molar-refractivity contribution in [3.8, 4) is 0 Å². The van der Waals surface area contributed by atoms with Gasteiger partial charge in [-0.3, -0.25) is 9.78 Å². The minimum atomic E-state index is -4.48. The van der Waals surface area contributed by atoms with Crippen LogP contribution < -0.4 is 0 Å². The molecule has 0 aliphatic carbocycles. The number of halogens is 3. The Morgan fingerprint density at radius 2 is 2.00 bits per heavy atom. The molecule has 0 bridgehead atoms. The predicted octanol–water partition coefficient (Wildman–Crippen LogP) is 3.43. The number of aromatic nitrogens is 3. The number of carboxylic acid groups (broad SMARTS) is 1. The molecule has 0 spiro atoms. The largest absolute Gasteiger partial charge is 0.481 e. The number of nitrogens with zero attached hydrogens (tertiary/aromatic N) is 3. The van der Waals surface area contributed by atoms with E-state index in [4.69, 9.17) is 5.11 Å². The lowest BCUT2D eigenvalue weighted by Crippen LogP contribution is -2.09. The first-order chi connectivity index (χ1) is 11.8. The summed E-state index contributed by atoms with van der Waals surface area (Å²) in [5.74, 6) is -0.956. The van der Waals surface area contributed by atoms with Crippen LogP contribution in [0.2, 0.25) is 0 Å². The van der Waals surface area contributed by atoms with Gasteiger partial charge in [0.15, 0.2) is 0 Å². The minimum Gasteiger partial charge on any atom is -0.481 e. The van der Waals surface area contributed by atoms with Gasteiger partial charge in [0.05, 0.1) is 13.0 Å². The van der Waals surface area contributed by atoms with Crippen LogP contribution in [0.3, 0.4) is 0 Å². The number of carbonyl (C=O) groups is 1. The summed E-state index contributed by atoms with van der Waals surface area (Å²) in [6.07, 6.45) is -1.86. The molecule has 0 saturated carbocycles. The highest BCUT2D eigenvalue weighted by atomic mass is 19.4. The number of carboxylic acids is 1. The number of hydrogen-bond donors (Lipinski definition) is 1. The van der Waals surface area contributed by atoms with E-state index in [1.54, 1.807) is 29.8 Å². The van der Waals surface area contributed by atoms with Crippen LogP contribution in [0.25, 0.3) is 11.0 Å². The molecule has 0 aliphatic rings. The van der Waals surface area contributed by atoms with Gasteiger partial charge in [-0.05, 0) is 36.2 Å². The number of alkyl halides is 3. The molecular weight excluding hydrogens is 335 g/mol. The normalized spacial score (nSPS) is 11.8. The molecule has 1 N–H and O–H groups in total. The molecule has 0 aromatic carbocycles. The van der Waals surface area contributed by atoms with Crippen LogP contribution in [0.4, 0.5) is 13.2 Å². The van der Waals surface area contributed by atoms with Crippen LogP contribution in [0.15, 0.2) is 36.7 Å². The molecule has 0 fully saturated rings. The summed E-state index contributed by atoms with van der Waals surface area (Å²) in [7, 11) is 0. The van der Waals surface area contributed by atoms with Crippen LogP contribution in [0.1, 0.15) is 22.5 Å². The molecule has 3 aromatic rings. The van der Waals surface area contributed by atoms with E-state index in [1.165, 1.54) is 12.3 Å². The fraction of sp³-hybridized carbons (Fsp3) is 0.235. The predicted molar refractivity (Wildman–Crippen MR) is 84.2 cm³/mol. The van der Waals surface area contributed by atoms with Crippen molar-refractivity contribution >= 4 is 17.0 Å². The third kappa shape index (κ3) is 3.33. The number of fused-ring (bicyclic) bond motifs is 1. The zero-order valence-electron chi connectivity index (χ0n) is 13.2. The summed E-state index contributed by atoms with van der Waals surface area (Å²) in [5.41, 5.74) is 1.58. The van der Waals surface area contributed by atoms with Gasteiger partial charge in [0.25, 0.3) is 0 Å². The highest BCUT2D eigenvalue weighted by Gasteiger charge is 2.32. The molecular formula is C17H14F3N3O2. The molecule has 0 aliphatic heterocycles. The van der Waals surface area contributed by atoms with E-state index in [-0.39, 0.29) is 13.0 Å². The molecule has 3 rings (SSSR count). The van der Waals surface area contributed by atoms with E-state index in [0.717, 1.165) is 17.1 Å². The van der Waals surface area contributed by atoms with Crippen LogP contribution >= 0.6 is 0 Å². The first-order valence-electron chi connectivity index (χ1n) is 7.44. The highest BCUT2D eigenvalue weighted by molar-refractivity contribution is 5.86. The monoisotopic (exact) mass is 349 g/mol. The summed E-state index contributed by atoms with van der Waals surface area (Å²) >= 11 is 0. The lowest BCUT2D eigenvalue weighted by Gasteiger charge is -2.10. The Labute approximate surface area is 140 Å². The molecule has 5 nitrogen and oxygen atoms in total. The summed E-state index contributed by atoms with van der Waals surface area (Å²) < 4.78 is 39.6. The minimum absolute atomic E-state index is 0.147. The van der Waals surface area contributed by atoms with Gasteiger partial charge in [0.2, 0.25) is 0 Å². The van der Waals surface area contributed by atoms with Crippen molar-refractivity contribution < 1.29 is 23.1 Å². The average molecular weight is 349 g/mol. The van der Waals surface area contributed by atoms with Gasteiger partial charge in [0.1, 0.15) is 11.3 Å². The van der Waals surface area contributed by atoms with Gasteiger partial charge < -0.3 is 9.67 Å². The molecule has 0 radical (unpaired) electrons. The van der Waals surface area contributed by atoms with Crippen molar-refractivity contribution in [2.75, 3.05) is 0 Å². The second-order valence-corrected chi connectivity index (χ2v) is 5.64. The molecule has 130 valence electrons. The van der Waals surface area contributed by atoms with E-state index in [2.05, 4.69) is 9.97 Å². The molecule has 3 heterocycles. The fourth-order valence-corrected chi connectivity index (χ4v) is 2.80. The van der Waals surface area contributed by atoms with E-state index >= 15 is 0 Å². The van der Waals surface area contributed by atoms with Gasteiger partial charge in [-0.15, -0.1) is 0 Å². The first kappa shape index (κ1) is 16.9. The fourth-order valence-electron chi connectivity index (χ4n) is 2.80. The first-order valence-corrected chi connectivity index (χ1v) is 7.44. The molecule has 0 unspecified atom stereocenters. The van der Waals surface area contributed by atoms with Crippen LogP contribution in [-0.4, -0.2) is 25.6 Å². The topological polar surface area (TPSA) is 68.0 Å². The van der Waals surface area contributed by atoms with Gasteiger partial charge in [-0.25, -0.2) is 4.98 Å². The van der Waals surface area contributed by atoms with Crippen LogP contribution in [0, 0.1) is 6.92 Å². The standard InChI is InChI=1S/C17H14F3N3O2/c1-10-13(7-15(24)25)12-3-2-6-21-16(12)23(10)9-11-4-5-14(22-8-11)17(18,19)20/h2-6,8H,7,9H2,1H3,(H,24,25). The zero-order valence-corrected chi connectivity index (χ0v) is 13.2. The van der Waals surface area contributed by atoms with Gasteiger partial charge in [-0.2, -0.15) is 13.2 Å². The SMILES string of the molecule is Cc1c(CC(=O)O)c2cccnc2n1Cc1ccc(C(F)(F)F)nc1. The van der Waals surface area contributed by atoms with E-state index < -0.39 is 17.8 Å². The van der Waals surface area contributed by atoms with Crippen LogP contribution in [-0.2, 0) is 23.9 Å². The smallest absolute Gasteiger partial charge is 0.433 e. The Balaban J connectivity index is 2.01. The molecule has 0 atom stereocenters. The third-order valence-electron chi connectivity index (χ3n) is 3.99. The van der Waals surface area contributed by atoms with Gasteiger partial charge in [-0.1, -0.05) is 6.07 Å². The lowest BCUT2D eigenvalue weighted by molar-refractivity contribution is -0.141. The lowest BCUT2D eigenvalue weighted by atomic mass is 10.1. The number of rotatable bonds is 4. The number of pyridine rings is 2.